The van der Waals surface area contributed by atoms with E-state index in [9.17, 15) is 0 Å². The summed E-state index contributed by atoms with van der Waals surface area (Å²) in [6.07, 6.45) is 5.71. The molecule has 2 aromatic carbocycles. The van der Waals surface area contributed by atoms with Crippen molar-refractivity contribution in [1.29, 1.82) is 0 Å². The van der Waals surface area contributed by atoms with E-state index >= 15 is 0 Å². The molecule has 0 aliphatic heterocycles. The molecule has 0 saturated carbocycles. The Balaban J connectivity index is 2.11. The second-order valence-corrected chi connectivity index (χ2v) is 7.46. The lowest BCUT2D eigenvalue weighted by atomic mass is 10.1. The molecule has 0 saturated heterocycles. The summed E-state index contributed by atoms with van der Waals surface area (Å²) in [5.74, 6) is 0. The molecule has 0 spiro atoms. The van der Waals surface area contributed by atoms with Crippen molar-refractivity contribution in [3.05, 3.63) is 30.3 Å². The van der Waals surface area contributed by atoms with E-state index in [1.807, 2.05) is 0 Å². The first-order valence-electron chi connectivity index (χ1n) is 10.7. The van der Waals surface area contributed by atoms with Crippen LogP contribution in [-0.2, 0) is 6.54 Å². The topological polar surface area (TPSA) is 66.8 Å². The Morgan fingerprint density at radius 2 is 1.64 bits per heavy atom. The highest BCUT2D eigenvalue weighted by molar-refractivity contribution is 5.89. The molecule has 3 aromatic rings. The van der Waals surface area contributed by atoms with Crippen LogP contribution in [0.25, 0.3) is 22.1 Å². The predicted molar refractivity (Wildman–Crippen MR) is 121 cm³/mol. The van der Waals surface area contributed by atoms with E-state index in [0.29, 0.717) is 0 Å². The minimum Gasteiger partial charge on any atom is -0.397 e. The van der Waals surface area contributed by atoms with Gasteiger partial charge in [0.15, 0.2) is 0 Å². The number of fused-ring (bicyclic) bond motifs is 2. The quantitative estimate of drug-likeness (QED) is 0.198. The highest BCUT2D eigenvalue weighted by atomic mass is 15.0. The van der Waals surface area contributed by atoms with Crippen LogP contribution in [0.5, 0.6) is 0 Å². The van der Waals surface area contributed by atoms with E-state index in [1.54, 1.807) is 0 Å². The van der Waals surface area contributed by atoms with Gasteiger partial charge in [0.2, 0.25) is 11.0 Å². The number of aryl methyl sites for hydroxylation is 1. The molecule has 4 N–H and O–H groups in total. The van der Waals surface area contributed by atoms with Gasteiger partial charge < -0.3 is 16.4 Å². The maximum atomic E-state index is 6.36. The molecule has 3 rings (SSSR count). The lowest BCUT2D eigenvalue weighted by Crippen LogP contribution is -2.36. The lowest BCUT2D eigenvalue weighted by molar-refractivity contribution is -0.646. The van der Waals surface area contributed by atoms with Gasteiger partial charge >= 0.3 is 0 Å². The van der Waals surface area contributed by atoms with E-state index in [2.05, 4.69) is 66.3 Å². The van der Waals surface area contributed by atoms with Crippen molar-refractivity contribution >= 4 is 39.1 Å². The number of hydrogen-bond donors (Lipinski definition) is 3. The summed E-state index contributed by atoms with van der Waals surface area (Å²) in [6, 6.07) is 10.7. The van der Waals surface area contributed by atoms with Crippen molar-refractivity contribution in [2.45, 2.75) is 59.4 Å². The fourth-order valence-electron chi connectivity index (χ4n) is 3.48. The van der Waals surface area contributed by atoms with Gasteiger partial charge in [-0.05, 0) is 31.0 Å². The number of unbranched alkanes of at least 4 members (excludes halogenated alkanes) is 2. The van der Waals surface area contributed by atoms with Crippen LogP contribution >= 0.6 is 0 Å². The largest absolute Gasteiger partial charge is 0.397 e. The number of nitrogen functional groups attached to an aromatic ring is 1. The van der Waals surface area contributed by atoms with Gasteiger partial charge in [0.05, 0.1) is 11.4 Å². The zero-order valence-corrected chi connectivity index (χ0v) is 17.5. The maximum absolute atomic E-state index is 6.36. The second kappa shape index (κ2) is 9.58. The smallest absolute Gasteiger partial charge is 0.233 e. The van der Waals surface area contributed by atoms with Crippen LogP contribution in [0.3, 0.4) is 0 Å². The molecule has 0 amide bonds. The second-order valence-electron chi connectivity index (χ2n) is 7.46. The first kappa shape index (κ1) is 20.2. The van der Waals surface area contributed by atoms with Crippen molar-refractivity contribution in [2.24, 2.45) is 0 Å². The van der Waals surface area contributed by atoms with Crippen LogP contribution in [0.1, 0.15) is 52.9 Å². The summed E-state index contributed by atoms with van der Waals surface area (Å²) in [5, 5.41) is 6.96. The predicted octanol–water partition coefficient (Wildman–Crippen LogP) is 5.09. The van der Waals surface area contributed by atoms with Crippen molar-refractivity contribution in [1.82, 2.24) is 4.98 Å². The normalized spacial score (nSPS) is 11.2. The summed E-state index contributed by atoms with van der Waals surface area (Å²) in [7, 11) is 0. The molecular weight excluding hydrogens is 346 g/mol. The third-order valence-corrected chi connectivity index (χ3v) is 5.10. The lowest BCUT2D eigenvalue weighted by Gasteiger charge is -2.12. The molecule has 28 heavy (non-hydrogen) atoms. The summed E-state index contributed by atoms with van der Waals surface area (Å²) in [5.41, 5.74) is 13.6. The Kier molecular flexibility index (Phi) is 6.90. The Morgan fingerprint density at radius 3 is 2.39 bits per heavy atom. The van der Waals surface area contributed by atoms with Crippen LogP contribution in [0.2, 0.25) is 0 Å². The van der Waals surface area contributed by atoms with Crippen LogP contribution < -0.4 is 20.9 Å². The first-order chi connectivity index (χ1) is 13.7. The van der Waals surface area contributed by atoms with Gasteiger partial charge in [-0.1, -0.05) is 33.6 Å². The molecular formula is C23H34N5+. The van der Waals surface area contributed by atoms with Crippen LogP contribution in [0.15, 0.2) is 30.3 Å². The SMILES string of the molecule is CCCCNc1ccc2nc3cc(NCCC)c(N)cc3[n+](CCCC)c2c1. The van der Waals surface area contributed by atoms with E-state index in [4.69, 9.17) is 10.7 Å². The van der Waals surface area contributed by atoms with E-state index in [0.717, 1.165) is 78.0 Å². The Morgan fingerprint density at radius 1 is 0.857 bits per heavy atom. The highest BCUT2D eigenvalue weighted by Crippen LogP contribution is 2.26. The fourth-order valence-corrected chi connectivity index (χ4v) is 3.48. The van der Waals surface area contributed by atoms with Crippen molar-refractivity contribution in [3.63, 3.8) is 0 Å². The molecule has 5 nitrogen and oxygen atoms in total. The molecule has 0 atom stereocenters. The summed E-state index contributed by atoms with van der Waals surface area (Å²) in [6.45, 7) is 9.46. The molecule has 0 bridgehead atoms. The number of aromatic nitrogens is 2. The number of nitrogens with two attached hydrogens (primary N) is 1. The summed E-state index contributed by atoms with van der Waals surface area (Å²) >= 11 is 0. The summed E-state index contributed by atoms with van der Waals surface area (Å²) < 4.78 is 2.38. The minimum atomic E-state index is 0.782. The van der Waals surface area contributed by atoms with Gasteiger partial charge in [0.1, 0.15) is 17.6 Å². The number of nitrogens with one attached hydrogen (secondary N) is 2. The Hall–Kier alpha value is -2.56. The molecule has 0 aliphatic rings. The van der Waals surface area contributed by atoms with Gasteiger partial charge in [0.25, 0.3) is 0 Å². The monoisotopic (exact) mass is 380 g/mol. The molecule has 0 unspecified atom stereocenters. The van der Waals surface area contributed by atoms with Crippen LogP contribution in [0.4, 0.5) is 17.1 Å². The van der Waals surface area contributed by atoms with Crippen molar-refractivity contribution in [2.75, 3.05) is 29.5 Å². The molecule has 5 heteroatoms. The van der Waals surface area contributed by atoms with Crippen LogP contribution in [-0.4, -0.2) is 18.1 Å². The molecule has 1 heterocycles. The van der Waals surface area contributed by atoms with E-state index in [1.165, 1.54) is 12.8 Å². The third-order valence-electron chi connectivity index (χ3n) is 5.10. The molecule has 0 fully saturated rings. The molecule has 0 aliphatic carbocycles. The first-order valence-corrected chi connectivity index (χ1v) is 10.7. The average molecular weight is 381 g/mol. The maximum Gasteiger partial charge on any atom is 0.233 e. The van der Waals surface area contributed by atoms with Gasteiger partial charge in [-0.15, -0.1) is 0 Å². The third kappa shape index (κ3) is 4.46. The van der Waals surface area contributed by atoms with E-state index in [-0.39, 0.29) is 0 Å². The number of benzene rings is 2. The standard InChI is InChI=1S/C23H33N5/c1-4-7-12-25-17-9-10-19-22(14-17)28(13-8-5-2)23-15-18(24)20(26-11-6-3)16-21(23)27-19/h9-10,14-16H,4-8,11-13H2,1-3H3,(H3,24,25,26,27)/p+1. The molecule has 150 valence electrons. The average Bonchev–Trinajstić information content (AvgIpc) is 2.70. The molecule has 1 aromatic heterocycles. The zero-order valence-electron chi connectivity index (χ0n) is 17.5. The zero-order chi connectivity index (χ0) is 19.9. The Labute approximate surface area is 168 Å². The minimum absolute atomic E-state index is 0.782. The number of nitrogens with zero attached hydrogens (tertiary/aromatic N) is 2. The van der Waals surface area contributed by atoms with Gasteiger partial charge in [-0.25, -0.2) is 4.98 Å². The fraction of sp³-hybridized carbons (Fsp3) is 0.478. The Bertz CT molecular complexity index is 935. The highest BCUT2D eigenvalue weighted by Gasteiger charge is 2.19. The molecule has 0 radical (unpaired) electrons. The van der Waals surface area contributed by atoms with Crippen molar-refractivity contribution < 1.29 is 4.57 Å². The number of rotatable bonds is 10. The van der Waals surface area contributed by atoms with Crippen LogP contribution in [0, 0.1) is 0 Å². The summed E-state index contributed by atoms with van der Waals surface area (Å²) in [4.78, 5) is 4.95. The van der Waals surface area contributed by atoms with Gasteiger partial charge in [0, 0.05) is 37.3 Å². The van der Waals surface area contributed by atoms with Crippen molar-refractivity contribution in [3.8, 4) is 0 Å². The van der Waals surface area contributed by atoms with E-state index < -0.39 is 0 Å². The number of hydrogen-bond acceptors (Lipinski definition) is 4. The van der Waals surface area contributed by atoms with Gasteiger partial charge in [-0.2, -0.15) is 4.57 Å². The number of anilines is 3. The van der Waals surface area contributed by atoms with Gasteiger partial charge in [-0.3, -0.25) is 0 Å².